The van der Waals surface area contributed by atoms with E-state index in [1.807, 2.05) is 66.7 Å². The molecule has 32 heavy (non-hydrogen) atoms. The van der Waals surface area contributed by atoms with Gasteiger partial charge in [-0.2, -0.15) is 0 Å². The molecule has 0 spiro atoms. The van der Waals surface area contributed by atoms with Crippen LogP contribution >= 0.6 is 0 Å². The molecule has 2 amide bonds. The lowest BCUT2D eigenvalue weighted by Crippen LogP contribution is -2.27. The number of hydrogen-bond donors (Lipinski definition) is 2. The van der Waals surface area contributed by atoms with E-state index < -0.39 is 0 Å². The summed E-state index contributed by atoms with van der Waals surface area (Å²) in [5, 5.41) is 5.97. The van der Waals surface area contributed by atoms with E-state index in [9.17, 15) is 9.59 Å². The standard InChI is InChI=1S/C27H29N3O2/c1-2-20-10-12-22(13-11-20)26(31)29-23-14-15-25(30-16-6-7-17-30)24(18-23)27(32)28-19-21-8-4-3-5-9-21/h3-5,8-15,18H,2,6-7,16-17,19H2,1H3,(H,28,32)(H,29,31). The molecule has 0 radical (unpaired) electrons. The summed E-state index contributed by atoms with van der Waals surface area (Å²) in [6.07, 6.45) is 3.18. The van der Waals surface area contributed by atoms with Crippen LogP contribution in [0.15, 0.2) is 72.8 Å². The van der Waals surface area contributed by atoms with Crippen molar-refractivity contribution in [2.75, 3.05) is 23.3 Å². The van der Waals surface area contributed by atoms with Gasteiger partial charge in [-0.3, -0.25) is 9.59 Å². The predicted molar refractivity (Wildman–Crippen MR) is 129 cm³/mol. The van der Waals surface area contributed by atoms with Gasteiger partial charge < -0.3 is 15.5 Å². The van der Waals surface area contributed by atoms with Crippen molar-refractivity contribution in [2.24, 2.45) is 0 Å². The molecular weight excluding hydrogens is 398 g/mol. The van der Waals surface area contributed by atoms with Gasteiger partial charge in [-0.15, -0.1) is 0 Å². The maximum absolute atomic E-state index is 13.1. The number of anilines is 2. The molecule has 3 aromatic rings. The molecule has 5 heteroatoms. The van der Waals surface area contributed by atoms with Crippen molar-refractivity contribution in [1.82, 2.24) is 5.32 Å². The topological polar surface area (TPSA) is 61.4 Å². The van der Waals surface area contributed by atoms with Crippen molar-refractivity contribution >= 4 is 23.2 Å². The molecule has 3 aromatic carbocycles. The number of carbonyl (C=O) groups excluding carboxylic acids is 2. The Labute approximate surface area is 189 Å². The lowest BCUT2D eigenvalue weighted by Gasteiger charge is -2.22. The van der Waals surface area contributed by atoms with Crippen LogP contribution in [0.1, 0.15) is 51.6 Å². The van der Waals surface area contributed by atoms with Crippen molar-refractivity contribution in [3.05, 3.63) is 95.1 Å². The maximum Gasteiger partial charge on any atom is 0.255 e. The minimum Gasteiger partial charge on any atom is -0.371 e. The SMILES string of the molecule is CCc1ccc(C(=O)Nc2ccc(N3CCCC3)c(C(=O)NCc3ccccc3)c2)cc1. The Hall–Kier alpha value is -3.60. The molecule has 0 aliphatic carbocycles. The summed E-state index contributed by atoms with van der Waals surface area (Å²) in [6, 6.07) is 23.1. The Morgan fingerprint density at radius 2 is 1.56 bits per heavy atom. The number of aryl methyl sites for hydroxylation is 1. The number of nitrogens with zero attached hydrogens (tertiary/aromatic N) is 1. The molecule has 1 aliphatic heterocycles. The monoisotopic (exact) mass is 427 g/mol. The summed E-state index contributed by atoms with van der Waals surface area (Å²) in [4.78, 5) is 28.1. The van der Waals surface area contributed by atoms with E-state index in [0.29, 0.717) is 23.4 Å². The number of rotatable bonds is 7. The zero-order valence-electron chi connectivity index (χ0n) is 18.4. The molecule has 0 atom stereocenters. The van der Waals surface area contributed by atoms with Crippen LogP contribution in [0, 0.1) is 0 Å². The Morgan fingerprint density at radius 1 is 0.844 bits per heavy atom. The van der Waals surface area contributed by atoms with E-state index in [-0.39, 0.29) is 11.8 Å². The Balaban J connectivity index is 1.54. The van der Waals surface area contributed by atoms with Crippen molar-refractivity contribution < 1.29 is 9.59 Å². The van der Waals surface area contributed by atoms with Crippen LogP contribution in [0.25, 0.3) is 0 Å². The quantitative estimate of drug-likeness (QED) is 0.556. The molecule has 1 fully saturated rings. The van der Waals surface area contributed by atoms with Gasteiger partial charge in [-0.25, -0.2) is 0 Å². The molecule has 2 N–H and O–H groups in total. The second-order valence-corrected chi connectivity index (χ2v) is 8.10. The first-order valence-electron chi connectivity index (χ1n) is 11.3. The highest BCUT2D eigenvalue weighted by Crippen LogP contribution is 2.28. The highest BCUT2D eigenvalue weighted by atomic mass is 16.2. The van der Waals surface area contributed by atoms with Gasteiger partial charge in [0.25, 0.3) is 11.8 Å². The average molecular weight is 428 g/mol. The molecular formula is C27H29N3O2. The Bertz CT molecular complexity index is 1070. The molecule has 4 rings (SSSR count). The van der Waals surface area contributed by atoms with E-state index in [1.165, 1.54) is 5.56 Å². The smallest absolute Gasteiger partial charge is 0.255 e. The number of nitrogens with one attached hydrogen (secondary N) is 2. The molecule has 1 saturated heterocycles. The number of hydrogen-bond acceptors (Lipinski definition) is 3. The first kappa shape index (κ1) is 21.6. The lowest BCUT2D eigenvalue weighted by atomic mass is 10.1. The fourth-order valence-electron chi connectivity index (χ4n) is 4.00. The summed E-state index contributed by atoms with van der Waals surface area (Å²) in [5.74, 6) is -0.323. The largest absolute Gasteiger partial charge is 0.371 e. The van der Waals surface area contributed by atoms with Gasteiger partial charge in [0.05, 0.1) is 5.56 Å². The van der Waals surface area contributed by atoms with Crippen LogP contribution in [0.3, 0.4) is 0 Å². The van der Waals surface area contributed by atoms with Crippen LogP contribution in [0.2, 0.25) is 0 Å². The van der Waals surface area contributed by atoms with Crippen LogP contribution in [0.5, 0.6) is 0 Å². The molecule has 1 aliphatic rings. The van der Waals surface area contributed by atoms with E-state index in [1.54, 1.807) is 6.07 Å². The van der Waals surface area contributed by atoms with E-state index in [2.05, 4.69) is 22.5 Å². The summed E-state index contributed by atoms with van der Waals surface area (Å²) in [6.45, 7) is 4.42. The van der Waals surface area contributed by atoms with Gasteiger partial charge in [0.1, 0.15) is 0 Å². The van der Waals surface area contributed by atoms with Gasteiger partial charge in [0.2, 0.25) is 0 Å². The van der Waals surface area contributed by atoms with Crippen molar-refractivity contribution in [1.29, 1.82) is 0 Å². The van der Waals surface area contributed by atoms with Gasteiger partial charge in [-0.05, 0) is 60.7 Å². The molecule has 5 nitrogen and oxygen atoms in total. The highest BCUT2D eigenvalue weighted by Gasteiger charge is 2.20. The second-order valence-electron chi connectivity index (χ2n) is 8.10. The van der Waals surface area contributed by atoms with Crippen LogP contribution in [-0.2, 0) is 13.0 Å². The molecule has 0 saturated carbocycles. The van der Waals surface area contributed by atoms with Crippen LogP contribution in [0.4, 0.5) is 11.4 Å². The third-order valence-corrected chi connectivity index (χ3v) is 5.87. The normalized spacial score (nSPS) is 13.1. The van der Waals surface area contributed by atoms with Crippen molar-refractivity contribution in [2.45, 2.75) is 32.7 Å². The van der Waals surface area contributed by atoms with E-state index in [4.69, 9.17) is 0 Å². The highest BCUT2D eigenvalue weighted by molar-refractivity contribution is 6.06. The van der Waals surface area contributed by atoms with Crippen molar-refractivity contribution in [3.63, 3.8) is 0 Å². The fourth-order valence-corrected chi connectivity index (χ4v) is 4.00. The molecule has 0 bridgehead atoms. The number of amides is 2. The van der Waals surface area contributed by atoms with Gasteiger partial charge in [0.15, 0.2) is 0 Å². The zero-order chi connectivity index (χ0) is 22.3. The first-order valence-corrected chi connectivity index (χ1v) is 11.3. The average Bonchev–Trinajstić information content (AvgIpc) is 3.38. The Kier molecular flexibility index (Phi) is 6.85. The van der Waals surface area contributed by atoms with Crippen molar-refractivity contribution in [3.8, 4) is 0 Å². The number of benzene rings is 3. The number of carbonyl (C=O) groups is 2. The minimum absolute atomic E-state index is 0.140. The van der Waals surface area contributed by atoms with Gasteiger partial charge in [0, 0.05) is 36.6 Å². The minimum atomic E-state index is -0.183. The molecule has 0 unspecified atom stereocenters. The summed E-state index contributed by atoms with van der Waals surface area (Å²) < 4.78 is 0. The molecule has 0 aromatic heterocycles. The van der Waals surface area contributed by atoms with Crippen LogP contribution in [-0.4, -0.2) is 24.9 Å². The fraction of sp³-hybridized carbons (Fsp3) is 0.259. The van der Waals surface area contributed by atoms with E-state index >= 15 is 0 Å². The van der Waals surface area contributed by atoms with E-state index in [0.717, 1.165) is 43.6 Å². The summed E-state index contributed by atoms with van der Waals surface area (Å²) in [7, 11) is 0. The van der Waals surface area contributed by atoms with Gasteiger partial charge in [-0.1, -0.05) is 49.4 Å². The molecule has 164 valence electrons. The summed E-state index contributed by atoms with van der Waals surface area (Å²) >= 11 is 0. The second kappa shape index (κ2) is 10.1. The summed E-state index contributed by atoms with van der Waals surface area (Å²) in [5.41, 5.74) is 4.95. The third kappa shape index (κ3) is 5.17. The predicted octanol–water partition coefficient (Wildman–Crippen LogP) is 5.03. The lowest BCUT2D eigenvalue weighted by molar-refractivity contribution is 0.0950. The maximum atomic E-state index is 13.1. The van der Waals surface area contributed by atoms with Crippen LogP contribution < -0.4 is 15.5 Å². The molecule has 1 heterocycles. The van der Waals surface area contributed by atoms with Gasteiger partial charge >= 0.3 is 0 Å². The Morgan fingerprint density at radius 3 is 2.25 bits per heavy atom. The zero-order valence-corrected chi connectivity index (χ0v) is 18.4. The first-order chi connectivity index (χ1) is 15.6. The third-order valence-electron chi connectivity index (χ3n) is 5.87.